The number of nitrogens with two attached hydrogens (primary N) is 2. The van der Waals surface area contributed by atoms with Crippen molar-refractivity contribution in [2.45, 2.75) is 0 Å². The van der Waals surface area contributed by atoms with Crippen LogP contribution < -0.4 is 11.6 Å². The summed E-state index contributed by atoms with van der Waals surface area (Å²) in [6, 6.07) is 19.7. The van der Waals surface area contributed by atoms with Gasteiger partial charge in [0.2, 0.25) is 0 Å². The number of hydrogen-bond donors (Lipinski definition) is 2. The number of hydrogen-bond acceptors (Lipinski definition) is 3. The quantitative estimate of drug-likeness (QED) is 0.491. The minimum absolute atomic E-state index is 0.673. The molecule has 3 heteroatoms. The van der Waals surface area contributed by atoms with E-state index in [1.54, 1.807) is 12.1 Å². The summed E-state index contributed by atoms with van der Waals surface area (Å²) in [5, 5.41) is 1.55. The molecule has 0 saturated heterocycles. The minimum atomic E-state index is 0.673. The maximum absolute atomic E-state index is 6.23. The number of benzene rings is 2. The highest BCUT2D eigenvalue weighted by Gasteiger charge is 2.10. The summed E-state index contributed by atoms with van der Waals surface area (Å²) >= 11 is 0. The largest absolute Gasteiger partial charge is 0.397 e. The molecule has 4 N–H and O–H groups in total. The molecule has 0 amide bonds. The highest BCUT2D eigenvalue weighted by atomic mass is 15.4. The molecule has 18 heavy (non-hydrogen) atoms. The zero-order valence-electron chi connectivity index (χ0n) is 10.4. The zero-order chi connectivity index (χ0) is 13.0. The van der Waals surface area contributed by atoms with Gasteiger partial charge in [-0.15, -0.1) is 0 Å². The Morgan fingerprint density at radius 1 is 0.833 bits per heavy atom. The predicted octanol–water partition coefficient (Wildman–Crippen LogP) is 2.28. The van der Waals surface area contributed by atoms with E-state index < -0.39 is 0 Å². The van der Waals surface area contributed by atoms with E-state index in [1.165, 1.54) is 0 Å². The highest BCUT2D eigenvalue weighted by molar-refractivity contribution is 5.87. The van der Waals surface area contributed by atoms with Crippen molar-refractivity contribution in [3.8, 4) is 0 Å². The van der Waals surface area contributed by atoms with Gasteiger partial charge in [0.05, 0.1) is 11.4 Å². The van der Waals surface area contributed by atoms with Gasteiger partial charge in [0.15, 0.2) is 0 Å². The fourth-order valence-electron chi connectivity index (χ4n) is 1.90. The third-order valence-electron chi connectivity index (χ3n) is 2.74. The SMILES string of the molecule is CN(N)/C(=C(\N)c1ccccc1)c1ccccc1. The van der Waals surface area contributed by atoms with Crippen LogP contribution in [0.1, 0.15) is 11.1 Å². The first-order chi connectivity index (χ1) is 8.70. The van der Waals surface area contributed by atoms with Crippen molar-refractivity contribution < 1.29 is 0 Å². The van der Waals surface area contributed by atoms with Gasteiger partial charge in [-0.1, -0.05) is 60.7 Å². The molecule has 0 heterocycles. The third-order valence-corrected chi connectivity index (χ3v) is 2.74. The van der Waals surface area contributed by atoms with Crippen LogP contribution in [0.2, 0.25) is 0 Å². The van der Waals surface area contributed by atoms with E-state index in [2.05, 4.69) is 0 Å². The first-order valence-corrected chi connectivity index (χ1v) is 5.79. The molecule has 0 unspecified atom stereocenters. The molecule has 2 rings (SSSR count). The molecule has 0 atom stereocenters. The van der Waals surface area contributed by atoms with Gasteiger partial charge >= 0.3 is 0 Å². The van der Waals surface area contributed by atoms with Crippen molar-refractivity contribution >= 4 is 11.4 Å². The lowest BCUT2D eigenvalue weighted by Crippen LogP contribution is -2.26. The molecule has 0 aromatic heterocycles. The molecule has 0 spiro atoms. The predicted molar refractivity (Wildman–Crippen MR) is 75.8 cm³/mol. The first-order valence-electron chi connectivity index (χ1n) is 5.79. The maximum atomic E-state index is 6.23. The Hall–Kier alpha value is -2.26. The third kappa shape index (κ3) is 2.52. The van der Waals surface area contributed by atoms with Gasteiger partial charge in [0.25, 0.3) is 0 Å². The average molecular weight is 239 g/mol. The molecule has 0 fully saturated rings. The Morgan fingerprint density at radius 2 is 1.28 bits per heavy atom. The fourth-order valence-corrected chi connectivity index (χ4v) is 1.90. The van der Waals surface area contributed by atoms with Crippen LogP contribution in [-0.4, -0.2) is 12.1 Å². The molecule has 0 aliphatic rings. The molecular formula is C15H17N3. The van der Waals surface area contributed by atoms with E-state index in [-0.39, 0.29) is 0 Å². The van der Waals surface area contributed by atoms with Crippen LogP contribution in [0, 0.1) is 0 Å². The second-order valence-corrected chi connectivity index (χ2v) is 4.11. The van der Waals surface area contributed by atoms with Gasteiger partial charge < -0.3 is 10.7 Å². The second-order valence-electron chi connectivity index (χ2n) is 4.11. The topological polar surface area (TPSA) is 55.3 Å². The summed E-state index contributed by atoms with van der Waals surface area (Å²) in [6.07, 6.45) is 0. The summed E-state index contributed by atoms with van der Waals surface area (Å²) in [7, 11) is 1.79. The maximum Gasteiger partial charge on any atom is 0.0822 e. The molecule has 0 aliphatic carbocycles. The molecule has 2 aromatic carbocycles. The molecule has 0 aliphatic heterocycles. The number of hydrazine groups is 1. The van der Waals surface area contributed by atoms with Crippen LogP contribution in [0.15, 0.2) is 60.7 Å². The van der Waals surface area contributed by atoms with Crippen molar-refractivity contribution in [2.24, 2.45) is 11.6 Å². The lowest BCUT2D eigenvalue weighted by atomic mass is 10.1. The fraction of sp³-hybridized carbons (Fsp3) is 0.0667. The van der Waals surface area contributed by atoms with Crippen molar-refractivity contribution in [3.63, 3.8) is 0 Å². The monoisotopic (exact) mass is 239 g/mol. The Bertz CT molecular complexity index is 530. The van der Waals surface area contributed by atoms with Gasteiger partial charge in [-0.25, -0.2) is 5.84 Å². The van der Waals surface area contributed by atoms with E-state index in [9.17, 15) is 0 Å². The van der Waals surface area contributed by atoms with E-state index >= 15 is 0 Å². The van der Waals surface area contributed by atoms with Crippen molar-refractivity contribution in [1.82, 2.24) is 5.01 Å². The summed E-state index contributed by atoms with van der Waals surface area (Å²) in [5.74, 6) is 5.90. The molecular weight excluding hydrogens is 222 g/mol. The van der Waals surface area contributed by atoms with Gasteiger partial charge in [-0.2, -0.15) is 0 Å². The molecule has 92 valence electrons. The minimum Gasteiger partial charge on any atom is -0.397 e. The van der Waals surface area contributed by atoms with Crippen molar-refractivity contribution in [3.05, 3.63) is 71.8 Å². The van der Waals surface area contributed by atoms with Gasteiger partial charge in [0, 0.05) is 12.6 Å². The van der Waals surface area contributed by atoms with Crippen LogP contribution in [0.3, 0.4) is 0 Å². The standard InChI is InChI=1S/C15H17N3/c1-18(17)15(13-10-6-3-7-11-13)14(16)12-8-4-2-5-9-12/h2-11H,16-17H2,1H3/b15-14-. The van der Waals surface area contributed by atoms with Crippen molar-refractivity contribution in [2.75, 3.05) is 7.05 Å². The van der Waals surface area contributed by atoms with Crippen molar-refractivity contribution in [1.29, 1.82) is 0 Å². The van der Waals surface area contributed by atoms with Crippen LogP contribution in [0.5, 0.6) is 0 Å². The lowest BCUT2D eigenvalue weighted by Gasteiger charge is -2.20. The summed E-state index contributed by atoms with van der Waals surface area (Å²) in [6.45, 7) is 0. The van der Waals surface area contributed by atoms with Gasteiger partial charge in [-0.3, -0.25) is 0 Å². The molecule has 2 aromatic rings. The smallest absolute Gasteiger partial charge is 0.0822 e. The van der Waals surface area contributed by atoms with E-state index in [0.29, 0.717) is 5.70 Å². The number of nitrogens with zero attached hydrogens (tertiary/aromatic N) is 1. The van der Waals surface area contributed by atoms with Crippen LogP contribution >= 0.6 is 0 Å². The number of rotatable bonds is 3. The van der Waals surface area contributed by atoms with Gasteiger partial charge in [0.1, 0.15) is 0 Å². The Kier molecular flexibility index (Phi) is 3.65. The van der Waals surface area contributed by atoms with Crippen LogP contribution in [-0.2, 0) is 0 Å². The summed E-state index contributed by atoms with van der Waals surface area (Å²) in [5.41, 5.74) is 9.69. The summed E-state index contributed by atoms with van der Waals surface area (Å²) in [4.78, 5) is 0. The zero-order valence-corrected chi connectivity index (χ0v) is 10.4. The molecule has 3 nitrogen and oxygen atoms in total. The second kappa shape index (κ2) is 5.38. The molecule has 0 bridgehead atoms. The van der Waals surface area contributed by atoms with E-state index in [0.717, 1.165) is 16.8 Å². The van der Waals surface area contributed by atoms with Crippen LogP contribution in [0.25, 0.3) is 11.4 Å². The van der Waals surface area contributed by atoms with Crippen LogP contribution in [0.4, 0.5) is 0 Å². The Balaban J connectivity index is 2.55. The molecule has 0 saturated carbocycles. The summed E-state index contributed by atoms with van der Waals surface area (Å²) < 4.78 is 0. The van der Waals surface area contributed by atoms with E-state index in [1.807, 2.05) is 60.7 Å². The lowest BCUT2D eigenvalue weighted by molar-refractivity contribution is 0.512. The Morgan fingerprint density at radius 3 is 1.72 bits per heavy atom. The normalized spacial score (nSPS) is 11.9. The first kappa shape index (κ1) is 12.2. The average Bonchev–Trinajstić information content (AvgIpc) is 2.40. The van der Waals surface area contributed by atoms with E-state index in [4.69, 9.17) is 11.6 Å². The van der Waals surface area contributed by atoms with Gasteiger partial charge in [-0.05, 0) is 5.56 Å². The Labute approximate surface area is 107 Å². The molecule has 0 radical (unpaired) electrons. The highest BCUT2D eigenvalue weighted by Crippen LogP contribution is 2.23.